The van der Waals surface area contributed by atoms with Gasteiger partial charge in [-0.3, -0.25) is 4.79 Å². The number of piperazine rings is 1. The van der Waals surface area contributed by atoms with Crippen molar-refractivity contribution in [1.29, 1.82) is 0 Å². The van der Waals surface area contributed by atoms with E-state index >= 15 is 0 Å². The second-order valence-corrected chi connectivity index (χ2v) is 7.93. The highest BCUT2D eigenvalue weighted by atomic mass is 32.1. The largest absolute Gasteiger partial charge is 0.368 e. The van der Waals surface area contributed by atoms with Crippen LogP contribution in [0.15, 0.2) is 53.9 Å². The first-order chi connectivity index (χ1) is 13.6. The lowest BCUT2D eigenvalue weighted by Crippen LogP contribution is -2.48. The number of benzene rings is 2. The summed E-state index contributed by atoms with van der Waals surface area (Å²) in [6.45, 7) is 7.29. The third-order valence-corrected chi connectivity index (χ3v) is 5.93. The summed E-state index contributed by atoms with van der Waals surface area (Å²) in [5.74, 6) is 0.0112. The zero-order chi connectivity index (χ0) is 19.5. The molecule has 0 spiro atoms. The van der Waals surface area contributed by atoms with Gasteiger partial charge in [0.15, 0.2) is 5.13 Å². The van der Waals surface area contributed by atoms with Gasteiger partial charge in [0.2, 0.25) is 0 Å². The van der Waals surface area contributed by atoms with E-state index in [1.54, 1.807) is 0 Å². The van der Waals surface area contributed by atoms with Crippen LogP contribution in [0.25, 0.3) is 0 Å². The Labute approximate surface area is 169 Å². The molecule has 1 amide bonds. The predicted molar refractivity (Wildman–Crippen MR) is 116 cm³/mol. The number of hydrogen-bond donors (Lipinski definition) is 1. The van der Waals surface area contributed by atoms with Crippen molar-refractivity contribution in [1.82, 2.24) is 9.88 Å². The molecule has 1 aliphatic rings. The number of anilines is 3. The van der Waals surface area contributed by atoms with Gasteiger partial charge in [0.1, 0.15) is 5.69 Å². The maximum Gasteiger partial charge on any atom is 0.273 e. The standard InChI is InChI=1S/C22H24N4OS/c1-16-8-9-18(14-17(16)2)23-22-24-20(15-28-22)21(27)26-12-10-25(11-13-26)19-6-4-3-5-7-19/h3-9,14-15H,10-13H2,1-2H3,(H,23,24). The summed E-state index contributed by atoms with van der Waals surface area (Å²) >= 11 is 1.46. The third-order valence-electron chi connectivity index (χ3n) is 5.17. The SMILES string of the molecule is Cc1ccc(Nc2nc(C(=O)N3CCN(c4ccccc4)CC3)cs2)cc1C. The van der Waals surface area contributed by atoms with Crippen LogP contribution in [-0.2, 0) is 0 Å². The molecule has 28 heavy (non-hydrogen) atoms. The molecular formula is C22H24N4OS. The van der Waals surface area contributed by atoms with Crippen LogP contribution in [0.4, 0.5) is 16.5 Å². The molecule has 4 rings (SSSR count). The number of hydrogen-bond acceptors (Lipinski definition) is 5. The van der Waals surface area contributed by atoms with Crippen LogP contribution < -0.4 is 10.2 Å². The van der Waals surface area contributed by atoms with Crippen molar-refractivity contribution in [2.75, 3.05) is 36.4 Å². The van der Waals surface area contributed by atoms with Crippen LogP contribution in [-0.4, -0.2) is 42.0 Å². The van der Waals surface area contributed by atoms with Gasteiger partial charge in [-0.05, 0) is 49.2 Å². The van der Waals surface area contributed by atoms with Crippen LogP contribution >= 0.6 is 11.3 Å². The number of carbonyl (C=O) groups is 1. The van der Waals surface area contributed by atoms with Crippen molar-refractivity contribution in [3.63, 3.8) is 0 Å². The van der Waals surface area contributed by atoms with Crippen LogP contribution in [0.2, 0.25) is 0 Å². The second-order valence-electron chi connectivity index (χ2n) is 7.08. The normalized spacial score (nSPS) is 14.2. The van der Waals surface area contributed by atoms with Crippen LogP contribution in [0.5, 0.6) is 0 Å². The topological polar surface area (TPSA) is 48.5 Å². The van der Waals surface area contributed by atoms with Gasteiger partial charge in [0.05, 0.1) is 0 Å². The average molecular weight is 393 g/mol. The molecule has 144 valence electrons. The average Bonchev–Trinajstić information content (AvgIpc) is 3.19. The molecule has 0 atom stereocenters. The molecule has 1 saturated heterocycles. The Morgan fingerprint density at radius 3 is 2.46 bits per heavy atom. The van der Waals surface area contributed by atoms with E-state index in [1.165, 1.54) is 28.2 Å². The number of nitrogens with zero attached hydrogens (tertiary/aromatic N) is 3. The Kier molecular flexibility index (Phi) is 5.30. The highest BCUT2D eigenvalue weighted by molar-refractivity contribution is 7.14. The highest BCUT2D eigenvalue weighted by Crippen LogP contribution is 2.24. The van der Waals surface area contributed by atoms with Gasteiger partial charge in [0.25, 0.3) is 5.91 Å². The van der Waals surface area contributed by atoms with Gasteiger partial charge in [-0.1, -0.05) is 24.3 Å². The van der Waals surface area contributed by atoms with Crippen molar-refractivity contribution >= 4 is 33.8 Å². The lowest BCUT2D eigenvalue weighted by atomic mass is 10.1. The summed E-state index contributed by atoms with van der Waals surface area (Å²) in [6, 6.07) is 16.6. The smallest absolute Gasteiger partial charge is 0.273 e. The van der Waals surface area contributed by atoms with Crippen molar-refractivity contribution in [3.05, 3.63) is 70.7 Å². The van der Waals surface area contributed by atoms with Gasteiger partial charge < -0.3 is 15.1 Å². The fraction of sp³-hybridized carbons (Fsp3) is 0.273. The van der Waals surface area contributed by atoms with Gasteiger partial charge in [-0.2, -0.15) is 0 Å². The molecular weight excluding hydrogens is 368 g/mol. The van der Waals surface area contributed by atoms with Gasteiger partial charge in [0, 0.05) is 42.9 Å². The lowest BCUT2D eigenvalue weighted by molar-refractivity contribution is 0.0742. The first-order valence-electron chi connectivity index (χ1n) is 9.49. The van der Waals surface area contributed by atoms with Crippen molar-refractivity contribution in [3.8, 4) is 0 Å². The van der Waals surface area contributed by atoms with Crippen LogP contribution in [0.1, 0.15) is 21.6 Å². The minimum Gasteiger partial charge on any atom is -0.368 e. The number of aryl methyl sites for hydroxylation is 2. The summed E-state index contributed by atoms with van der Waals surface area (Å²) in [5, 5.41) is 5.89. The first-order valence-corrected chi connectivity index (χ1v) is 10.4. The number of nitrogens with one attached hydrogen (secondary N) is 1. The van der Waals surface area contributed by atoms with E-state index in [9.17, 15) is 4.79 Å². The maximum atomic E-state index is 12.8. The van der Waals surface area contributed by atoms with Crippen molar-refractivity contribution < 1.29 is 4.79 Å². The zero-order valence-corrected chi connectivity index (χ0v) is 17.0. The van der Waals surface area contributed by atoms with E-state index in [0.29, 0.717) is 18.8 Å². The van der Waals surface area contributed by atoms with E-state index in [4.69, 9.17) is 0 Å². The van der Waals surface area contributed by atoms with Gasteiger partial charge in [-0.25, -0.2) is 4.98 Å². The highest BCUT2D eigenvalue weighted by Gasteiger charge is 2.24. The summed E-state index contributed by atoms with van der Waals surface area (Å²) in [4.78, 5) is 21.6. The van der Waals surface area contributed by atoms with Crippen molar-refractivity contribution in [2.24, 2.45) is 0 Å². The van der Waals surface area contributed by atoms with E-state index < -0.39 is 0 Å². The van der Waals surface area contributed by atoms with E-state index in [1.807, 2.05) is 34.5 Å². The summed E-state index contributed by atoms with van der Waals surface area (Å²) in [6.07, 6.45) is 0. The third kappa shape index (κ3) is 4.02. The molecule has 1 fully saturated rings. The minimum atomic E-state index is 0.0112. The molecule has 3 aromatic rings. The predicted octanol–water partition coefficient (Wildman–Crippen LogP) is 4.47. The Balaban J connectivity index is 1.37. The number of para-hydroxylation sites is 1. The molecule has 0 saturated carbocycles. The Hall–Kier alpha value is -2.86. The molecule has 0 bridgehead atoms. The Bertz CT molecular complexity index is 962. The summed E-state index contributed by atoms with van der Waals surface area (Å²) in [5.41, 5.74) is 5.21. The number of amides is 1. The monoisotopic (exact) mass is 392 g/mol. The molecule has 0 aliphatic carbocycles. The molecule has 1 aliphatic heterocycles. The van der Waals surface area contributed by atoms with Crippen molar-refractivity contribution in [2.45, 2.75) is 13.8 Å². The number of thiazole rings is 1. The quantitative estimate of drug-likeness (QED) is 0.712. The molecule has 0 radical (unpaired) electrons. The summed E-state index contributed by atoms with van der Waals surface area (Å²) < 4.78 is 0. The van der Waals surface area contributed by atoms with Gasteiger partial charge in [-0.15, -0.1) is 11.3 Å². The van der Waals surface area contributed by atoms with E-state index in [2.05, 4.69) is 53.3 Å². The fourth-order valence-electron chi connectivity index (χ4n) is 3.34. The number of rotatable bonds is 4. The first kappa shape index (κ1) is 18.5. The van der Waals surface area contributed by atoms with Gasteiger partial charge >= 0.3 is 0 Å². The second kappa shape index (κ2) is 8.02. The Morgan fingerprint density at radius 1 is 1.00 bits per heavy atom. The molecule has 2 heterocycles. The molecule has 6 heteroatoms. The number of carbonyl (C=O) groups excluding carboxylic acids is 1. The summed E-state index contributed by atoms with van der Waals surface area (Å²) in [7, 11) is 0. The van der Waals surface area contributed by atoms with Crippen LogP contribution in [0.3, 0.4) is 0 Å². The van der Waals surface area contributed by atoms with E-state index in [0.717, 1.165) is 23.9 Å². The number of aromatic nitrogens is 1. The van der Waals surface area contributed by atoms with E-state index in [-0.39, 0.29) is 5.91 Å². The molecule has 1 aromatic heterocycles. The Morgan fingerprint density at radius 2 is 1.75 bits per heavy atom. The molecule has 0 unspecified atom stereocenters. The molecule has 2 aromatic carbocycles. The maximum absolute atomic E-state index is 12.8. The van der Waals surface area contributed by atoms with Crippen LogP contribution in [0, 0.1) is 13.8 Å². The minimum absolute atomic E-state index is 0.0112. The molecule has 1 N–H and O–H groups in total. The fourth-order valence-corrected chi connectivity index (χ4v) is 4.05. The lowest BCUT2D eigenvalue weighted by Gasteiger charge is -2.35. The zero-order valence-electron chi connectivity index (χ0n) is 16.2. The molecule has 5 nitrogen and oxygen atoms in total.